The van der Waals surface area contributed by atoms with Crippen LogP contribution < -0.4 is 0 Å². The van der Waals surface area contributed by atoms with Crippen LogP contribution in [0.15, 0.2) is 30.3 Å². The first-order valence-electron chi connectivity index (χ1n) is 7.56. The lowest BCUT2D eigenvalue weighted by atomic mass is 9.40. The normalized spacial score (nSPS) is 39.4. The van der Waals surface area contributed by atoms with Gasteiger partial charge < -0.3 is 0 Å². The van der Waals surface area contributed by atoms with Crippen molar-refractivity contribution in [2.45, 2.75) is 38.6 Å². The van der Waals surface area contributed by atoms with Crippen molar-refractivity contribution in [3.63, 3.8) is 0 Å². The second-order valence-corrected chi connectivity index (χ2v) is 6.83. The Bertz CT molecular complexity index is 707. The van der Waals surface area contributed by atoms with Gasteiger partial charge in [0.25, 0.3) is 0 Å². The minimum absolute atomic E-state index is 0.00357. The van der Waals surface area contributed by atoms with Crippen LogP contribution in [0.25, 0.3) is 6.08 Å². The summed E-state index contributed by atoms with van der Waals surface area (Å²) in [5.74, 6) is 0.216. The number of carbonyl (C=O) groups is 2. The van der Waals surface area contributed by atoms with E-state index in [9.17, 15) is 9.59 Å². The fourth-order valence-corrected chi connectivity index (χ4v) is 5.32. The summed E-state index contributed by atoms with van der Waals surface area (Å²) in [6.07, 6.45) is 5.24. The molecule has 1 aliphatic heterocycles. The number of allylic oxidation sites excluding steroid dienone is 1. The van der Waals surface area contributed by atoms with E-state index in [1.54, 1.807) is 0 Å². The first-order valence-corrected chi connectivity index (χ1v) is 7.56. The van der Waals surface area contributed by atoms with Crippen molar-refractivity contribution in [2.24, 2.45) is 11.3 Å². The van der Waals surface area contributed by atoms with Crippen LogP contribution in [0, 0.1) is 11.3 Å². The molecule has 4 rings (SSSR count). The molecular weight excluding hydrogens is 262 g/mol. The van der Waals surface area contributed by atoms with Crippen LogP contribution in [0.3, 0.4) is 0 Å². The lowest BCUT2D eigenvalue weighted by molar-refractivity contribution is -0.148. The van der Waals surface area contributed by atoms with Crippen molar-refractivity contribution in [1.82, 2.24) is 4.90 Å². The molecule has 0 unspecified atom stereocenters. The average molecular weight is 281 g/mol. The van der Waals surface area contributed by atoms with Crippen LogP contribution in [-0.4, -0.2) is 22.8 Å². The van der Waals surface area contributed by atoms with Crippen LogP contribution >= 0.6 is 0 Å². The van der Waals surface area contributed by atoms with Crippen molar-refractivity contribution in [2.75, 3.05) is 0 Å². The highest BCUT2D eigenvalue weighted by molar-refractivity contribution is 6.02. The Morgan fingerprint density at radius 3 is 2.76 bits per heavy atom. The molecule has 1 saturated carbocycles. The smallest absolute Gasteiger partial charge is 0.236 e. The van der Waals surface area contributed by atoms with Gasteiger partial charge >= 0.3 is 0 Å². The van der Waals surface area contributed by atoms with Gasteiger partial charge in [-0.3, -0.25) is 14.5 Å². The predicted octanol–water partition coefficient (Wildman–Crippen LogP) is 2.75. The number of carbonyl (C=O) groups excluding carboxylic acids is 2. The summed E-state index contributed by atoms with van der Waals surface area (Å²) < 4.78 is 0. The summed E-state index contributed by atoms with van der Waals surface area (Å²) in [5.41, 5.74) is 1.71. The SMILES string of the molecule is CC(=O)N1C(=O)[C@]2(C)C[C@H]3C=Cc4ccccc4[C@]32[C@@H]1C. The molecule has 1 aromatic rings. The molecule has 3 heteroatoms. The maximum absolute atomic E-state index is 12.9. The molecule has 1 saturated heterocycles. The Hall–Kier alpha value is -1.90. The fourth-order valence-electron chi connectivity index (χ4n) is 5.32. The highest BCUT2D eigenvalue weighted by atomic mass is 16.2. The third-order valence-electron chi connectivity index (χ3n) is 6.12. The van der Waals surface area contributed by atoms with Gasteiger partial charge in [0.2, 0.25) is 11.8 Å². The Labute approximate surface area is 124 Å². The van der Waals surface area contributed by atoms with Gasteiger partial charge in [-0.1, -0.05) is 36.4 Å². The first-order chi connectivity index (χ1) is 9.94. The summed E-state index contributed by atoms with van der Waals surface area (Å²) >= 11 is 0. The van der Waals surface area contributed by atoms with Gasteiger partial charge in [-0.2, -0.15) is 0 Å². The van der Waals surface area contributed by atoms with E-state index in [1.807, 2.05) is 26.0 Å². The van der Waals surface area contributed by atoms with Crippen molar-refractivity contribution in [3.05, 3.63) is 41.5 Å². The third-order valence-corrected chi connectivity index (χ3v) is 6.12. The molecule has 1 heterocycles. The van der Waals surface area contributed by atoms with E-state index in [2.05, 4.69) is 24.3 Å². The second kappa shape index (κ2) is 3.65. The number of amides is 2. The molecule has 0 bridgehead atoms. The topological polar surface area (TPSA) is 37.4 Å². The zero-order chi connectivity index (χ0) is 15.0. The van der Waals surface area contributed by atoms with E-state index < -0.39 is 5.41 Å². The second-order valence-electron chi connectivity index (χ2n) is 6.83. The van der Waals surface area contributed by atoms with E-state index in [4.69, 9.17) is 0 Å². The van der Waals surface area contributed by atoms with Crippen LogP contribution in [0.2, 0.25) is 0 Å². The highest BCUT2D eigenvalue weighted by Gasteiger charge is 2.76. The zero-order valence-corrected chi connectivity index (χ0v) is 12.6. The number of nitrogens with zero attached hydrogens (tertiary/aromatic N) is 1. The van der Waals surface area contributed by atoms with Gasteiger partial charge in [0.05, 0.1) is 5.41 Å². The quantitative estimate of drug-likeness (QED) is 0.733. The molecule has 3 aliphatic rings. The number of likely N-dealkylation sites (tertiary alicyclic amines) is 1. The molecule has 0 aromatic heterocycles. The molecule has 108 valence electrons. The summed E-state index contributed by atoms with van der Waals surface area (Å²) in [7, 11) is 0. The molecule has 4 atom stereocenters. The van der Waals surface area contributed by atoms with E-state index in [0.717, 1.165) is 6.42 Å². The largest absolute Gasteiger partial charge is 0.279 e. The summed E-state index contributed by atoms with van der Waals surface area (Å²) in [5, 5.41) is 0. The van der Waals surface area contributed by atoms with Crippen molar-refractivity contribution in [1.29, 1.82) is 0 Å². The van der Waals surface area contributed by atoms with Crippen LogP contribution in [-0.2, 0) is 15.0 Å². The first kappa shape index (κ1) is 12.8. The van der Waals surface area contributed by atoms with E-state index >= 15 is 0 Å². The van der Waals surface area contributed by atoms with Crippen LogP contribution in [0.1, 0.15) is 38.3 Å². The zero-order valence-electron chi connectivity index (χ0n) is 12.6. The lowest BCUT2D eigenvalue weighted by Gasteiger charge is -2.60. The maximum atomic E-state index is 12.9. The monoisotopic (exact) mass is 281 g/mol. The maximum Gasteiger partial charge on any atom is 0.236 e. The molecule has 2 aliphatic carbocycles. The number of fused-ring (bicyclic) bond motifs is 1. The van der Waals surface area contributed by atoms with Gasteiger partial charge in [-0.15, -0.1) is 0 Å². The Kier molecular flexibility index (Phi) is 2.22. The number of benzene rings is 1. The fraction of sp³-hybridized carbons (Fsp3) is 0.444. The molecule has 0 N–H and O–H groups in total. The number of hydrogen-bond acceptors (Lipinski definition) is 2. The van der Waals surface area contributed by atoms with Crippen LogP contribution in [0.5, 0.6) is 0 Å². The average Bonchev–Trinajstić information content (AvgIpc) is 2.55. The molecular formula is C18H19NO2. The number of rotatable bonds is 0. The Morgan fingerprint density at radius 2 is 2.05 bits per heavy atom. The molecule has 3 nitrogen and oxygen atoms in total. The molecule has 21 heavy (non-hydrogen) atoms. The van der Waals surface area contributed by atoms with E-state index in [1.165, 1.54) is 23.0 Å². The minimum Gasteiger partial charge on any atom is -0.279 e. The van der Waals surface area contributed by atoms with Gasteiger partial charge in [-0.05, 0) is 37.3 Å². The van der Waals surface area contributed by atoms with Gasteiger partial charge in [-0.25, -0.2) is 0 Å². The highest BCUT2D eigenvalue weighted by Crippen LogP contribution is 2.70. The molecule has 0 radical (unpaired) electrons. The Balaban J connectivity index is 2.00. The van der Waals surface area contributed by atoms with Crippen molar-refractivity contribution >= 4 is 17.9 Å². The predicted molar refractivity (Wildman–Crippen MR) is 80.4 cm³/mol. The Morgan fingerprint density at radius 1 is 1.33 bits per heavy atom. The summed E-state index contributed by atoms with van der Waals surface area (Å²) in [6, 6.07) is 8.22. The number of hydrogen-bond donors (Lipinski definition) is 0. The number of imide groups is 1. The van der Waals surface area contributed by atoms with E-state index in [-0.39, 0.29) is 23.3 Å². The van der Waals surface area contributed by atoms with Crippen LogP contribution in [0.4, 0.5) is 0 Å². The van der Waals surface area contributed by atoms with Gasteiger partial charge in [0, 0.05) is 18.4 Å². The molecule has 1 aromatic carbocycles. The van der Waals surface area contributed by atoms with Crippen molar-refractivity contribution < 1.29 is 9.59 Å². The minimum atomic E-state index is -0.455. The molecule has 1 spiro atoms. The molecule has 2 amide bonds. The standard InChI is InChI=1S/C18H19NO2/c1-11-18-14(9-8-13-6-4-5-7-15(13)18)10-17(18,3)16(21)19(11)12(2)20/h4-9,11,14H,10H2,1-3H3/t11-,14+,17-,18-/m0/s1. The van der Waals surface area contributed by atoms with Gasteiger partial charge in [0.15, 0.2) is 0 Å². The van der Waals surface area contributed by atoms with Gasteiger partial charge in [0.1, 0.15) is 0 Å². The summed E-state index contributed by atoms with van der Waals surface area (Å²) in [4.78, 5) is 26.4. The van der Waals surface area contributed by atoms with Crippen molar-refractivity contribution in [3.8, 4) is 0 Å². The molecule has 2 fully saturated rings. The summed E-state index contributed by atoms with van der Waals surface area (Å²) in [6.45, 7) is 5.58. The lowest BCUT2D eigenvalue weighted by Crippen LogP contribution is -2.63. The third kappa shape index (κ3) is 1.14. The van der Waals surface area contributed by atoms with E-state index in [0.29, 0.717) is 5.92 Å².